The number of rotatable bonds is 6. The highest BCUT2D eigenvalue weighted by molar-refractivity contribution is 5.87. The third-order valence-electron chi connectivity index (χ3n) is 3.98. The van der Waals surface area contributed by atoms with Crippen molar-refractivity contribution in [1.82, 2.24) is 10.3 Å². The van der Waals surface area contributed by atoms with Gasteiger partial charge in [0.25, 0.3) is 11.5 Å². The zero-order valence-corrected chi connectivity index (χ0v) is 13.7. The van der Waals surface area contributed by atoms with E-state index >= 15 is 0 Å². The standard InChI is InChI=1S/C18H17F3N2O3/c19-18(20,21)17(25,13-4-2-1-3-5-13)16(24)23-10-12-8-15(11-22-9-12)26-14-6-7-14/h1-5,8-9,11,14,25H,6-7,10H2,(H,23,24)/t17-/m1/s1. The summed E-state index contributed by atoms with van der Waals surface area (Å²) in [5.74, 6) is -1.06. The Kier molecular flexibility index (Phi) is 4.86. The highest BCUT2D eigenvalue weighted by Gasteiger charge is 2.60. The lowest BCUT2D eigenvalue weighted by Crippen LogP contribution is -2.54. The van der Waals surface area contributed by atoms with Crippen LogP contribution in [0.2, 0.25) is 0 Å². The molecule has 5 nitrogen and oxygen atoms in total. The number of carbonyl (C=O) groups is 1. The van der Waals surface area contributed by atoms with Crippen LogP contribution in [-0.2, 0) is 16.9 Å². The van der Waals surface area contributed by atoms with Crippen molar-refractivity contribution in [3.05, 3.63) is 59.9 Å². The summed E-state index contributed by atoms with van der Waals surface area (Å²) >= 11 is 0. The Morgan fingerprint density at radius 2 is 1.92 bits per heavy atom. The second-order valence-electron chi connectivity index (χ2n) is 6.10. The number of hydrogen-bond donors (Lipinski definition) is 2. The summed E-state index contributed by atoms with van der Waals surface area (Å²) in [6, 6.07) is 7.84. The van der Waals surface area contributed by atoms with Crippen molar-refractivity contribution in [3.8, 4) is 5.75 Å². The minimum Gasteiger partial charge on any atom is -0.489 e. The number of amides is 1. The SMILES string of the molecule is O=C(NCc1cncc(OC2CC2)c1)[C@](O)(c1ccccc1)C(F)(F)F. The molecule has 3 rings (SSSR count). The van der Waals surface area contributed by atoms with Crippen molar-refractivity contribution < 1.29 is 27.8 Å². The molecule has 1 fully saturated rings. The van der Waals surface area contributed by atoms with Crippen LogP contribution >= 0.6 is 0 Å². The first-order chi connectivity index (χ1) is 12.3. The second kappa shape index (κ2) is 6.95. The Morgan fingerprint density at radius 1 is 1.23 bits per heavy atom. The first-order valence-corrected chi connectivity index (χ1v) is 8.04. The normalized spacial score (nSPS) is 16.6. The quantitative estimate of drug-likeness (QED) is 0.825. The van der Waals surface area contributed by atoms with Crippen LogP contribution in [0.15, 0.2) is 48.8 Å². The maximum Gasteiger partial charge on any atom is 0.430 e. The van der Waals surface area contributed by atoms with E-state index in [2.05, 4.69) is 10.3 Å². The van der Waals surface area contributed by atoms with Gasteiger partial charge in [-0.1, -0.05) is 30.3 Å². The molecule has 8 heteroatoms. The summed E-state index contributed by atoms with van der Waals surface area (Å²) < 4.78 is 45.9. The van der Waals surface area contributed by atoms with Crippen molar-refractivity contribution in [2.45, 2.75) is 37.3 Å². The number of hydrogen-bond acceptors (Lipinski definition) is 4. The van der Waals surface area contributed by atoms with E-state index < -0.39 is 23.2 Å². The van der Waals surface area contributed by atoms with E-state index in [1.54, 1.807) is 6.07 Å². The van der Waals surface area contributed by atoms with Crippen LogP contribution in [0.4, 0.5) is 13.2 Å². The molecule has 2 N–H and O–H groups in total. The number of carbonyl (C=O) groups excluding carboxylic acids is 1. The average molecular weight is 366 g/mol. The van der Waals surface area contributed by atoms with Crippen LogP contribution in [0.25, 0.3) is 0 Å². The van der Waals surface area contributed by atoms with E-state index in [-0.39, 0.29) is 12.6 Å². The number of pyridine rings is 1. The predicted octanol–water partition coefficient (Wildman–Crippen LogP) is 2.69. The van der Waals surface area contributed by atoms with Gasteiger partial charge in [-0.05, 0) is 24.5 Å². The Morgan fingerprint density at radius 3 is 2.54 bits per heavy atom. The third kappa shape index (κ3) is 3.80. The lowest BCUT2D eigenvalue weighted by molar-refractivity contribution is -0.257. The number of nitrogens with zero attached hydrogens (tertiary/aromatic N) is 1. The molecule has 1 saturated carbocycles. The van der Waals surface area contributed by atoms with Gasteiger partial charge in [0.1, 0.15) is 5.75 Å². The van der Waals surface area contributed by atoms with E-state index in [9.17, 15) is 23.1 Å². The second-order valence-corrected chi connectivity index (χ2v) is 6.10. The van der Waals surface area contributed by atoms with Gasteiger partial charge < -0.3 is 15.2 Å². The van der Waals surface area contributed by atoms with Gasteiger partial charge in [0, 0.05) is 18.3 Å². The topological polar surface area (TPSA) is 71.5 Å². The van der Waals surface area contributed by atoms with Gasteiger partial charge in [-0.2, -0.15) is 13.2 Å². The molecule has 26 heavy (non-hydrogen) atoms. The van der Waals surface area contributed by atoms with Crippen molar-refractivity contribution in [2.24, 2.45) is 0 Å². The monoisotopic (exact) mass is 366 g/mol. The molecule has 138 valence electrons. The van der Waals surface area contributed by atoms with E-state index in [0.29, 0.717) is 11.3 Å². The van der Waals surface area contributed by atoms with Gasteiger partial charge in [0.2, 0.25) is 0 Å². The van der Waals surface area contributed by atoms with Crippen LogP contribution in [0, 0.1) is 0 Å². The van der Waals surface area contributed by atoms with E-state index in [4.69, 9.17) is 4.74 Å². The summed E-state index contributed by atoms with van der Waals surface area (Å²) in [5.41, 5.74) is -3.72. The summed E-state index contributed by atoms with van der Waals surface area (Å²) in [6.45, 7) is -0.223. The fourth-order valence-corrected chi connectivity index (χ4v) is 2.42. The highest BCUT2D eigenvalue weighted by atomic mass is 19.4. The Bertz CT molecular complexity index is 779. The molecule has 0 radical (unpaired) electrons. The number of alkyl halides is 3. The first kappa shape index (κ1) is 18.2. The minimum atomic E-state index is -5.17. The molecule has 0 saturated heterocycles. The summed E-state index contributed by atoms with van der Waals surface area (Å²) in [7, 11) is 0. The van der Waals surface area contributed by atoms with Crippen molar-refractivity contribution in [2.75, 3.05) is 0 Å². The van der Waals surface area contributed by atoms with Crippen molar-refractivity contribution in [3.63, 3.8) is 0 Å². The number of ether oxygens (including phenoxy) is 1. The zero-order valence-electron chi connectivity index (χ0n) is 13.7. The number of nitrogens with one attached hydrogen (secondary N) is 1. The van der Waals surface area contributed by atoms with E-state index in [0.717, 1.165) is 25.0 Å². The van der Waals surface area contributed by atoms with Crippen molar-refractivity contribution >= 4 is 5.91 Å². The third-order valence-corrected chi connectivity index (χ3v) is 3.98. The summed E-state index contributed by atoms with van der Waals surface area (Å²) in [4.78, 5) is 16.2. The number of aliphatic hydroxyl groups is 1. The fraction of sp³-hybridized carbons (Fsp3) is 0.333. The zero-order chi connectivity index (χ0) is 18.8. The molecule has 1 aliphatic rings. The van der Waals surface area contributed by atoms with Gasteiger partial charge in [0.15, 0.2) is 0 Å². The highest BCUT2D eigenvalue weighted by Crippen LogP contribution is 2.39. The van der Waals surface area contributed by atoms with Crippen LogP contribution < -0.4 is 10.1 Å². The summed E-state index contributed by atoms with van der Waals surface area (Å²) in [5, 5.41) is 12.3. The first-order valence-electron chi connectivity index (χ1n) is 8.04. The molecule has 2 aromatic rings. The molecular formula is C18H17F3N2O3. The molecule has 1 aromatic heterocycles. The van der Waals surface area contributed by atoms with Crippen LogP contribution in [0.1, 0.15) is 24.0 Å². The number of benzene rings is 1. The van der Waals surface area contributed by atoms with Gasteiger partial charge in [-0.15, -0.1) is 0 Å². The maximum absolute atomic E-state index is 13.4. The maximum atomic E-state index is 13.4. The Labute approximate surface area is 147 Å². The van der Waals surface area contributed by atoms with Gasteiger partial charge >= 0.3 is 6.18 Å². The largest absolute Gasteiger partial charge is 0.489 e. The molecule has 0 bridgehead atoms. The van der Waals surface area contributed by atoms with Gasteiger partial charge in [-0.25, -0.2) is 0 Å². The van der Waals surface area contributed by atoms with Gasteiger partial charge in [0.05, 0.1) is 12.3 Å². The molecule has 0 spiro atoms. The number of halogens is 3. The molecule has 1 heterocycles. The van der Waals surface area contributed by atoms with E-state index in [1.165, 1.54) is 30.6 Å². The van der Waals surface area contributed by atoms with Crippen LogP contribution in [-0.4, -0.2) is 28.3 Å². The molecule has 0 unspecified atom stereocenters. The molecular weight excluding hydrogens is 349 g/mol. The van der Waals surface area contributed by atoms with Gasteiger partial charge in [-0.3, -0.25) is 9.78 Å². The molecule has 1 atom stereocenters. The average Bonchev–Trinajstić information content (AvgIpc) is 3.43. The van der Waals surface area contributed by atoms with E-state index in [1.807, 2.05) is 0 Å². The minimum absolute atomic E-state index is 0.148. The van der Waals surface area contributed by atoms with Crippen molar-refractivity contribution in [1.29, 1.82) is 0 Å². The fourth-order valence-electron chi connectivity index (χ4n) is 2.42. The Balaban J connectivity index is 1.74. The lowest BCUT2D eigenvalue weighted by atomic mass is 9.92. The van der Waals surface area contributed by atoms with Crippen LogP contribution in [0.5, 0.6) is 5.75 Å². The molecule has 1 aliphatic carbocycles. The summed E-state index contributed by atoms with van der Waals surface area (Å²) in [6.07, 6.45) is -0.203. The smallest absolute Gasteiger partial charge is 0.430 e. The predicted molar refractivity (Wildman–Crippen MR) is 86.1 cm³/mol. The van der Waals surface area contributed by atoms with Crippen LogP contribution in [0.3, 0.4) is 0 Å². The molecule has 1 amide bonds. The molecule has 0 aliphatic heterocycles. The molecule has 1 aromatic carbocycles. The lowest BCUT2D eigenvalue weighted by Gasteiger charge is -2.29. The number of aromatic nitrogens is 1. The Hall–Kier alpha value is -2.61.